The second-order valence-electron chi connectivity index (χ2n) is 3.95. The highest BCUT2D eigenvalue weighted by Crippen LogP contribution is 2.28. The summed E-state index contributed by atoms with van der Waals surface area (Å²) in [5.41, 5.74) is 1.08. The number of thiophene rings is 1. The number of hydrogen-bond donors (Lipinski definition) is 1. The molecule has 0 aliphatic carbocycles. The van der Waals surface area contributed by atoms with Gasteiger partial charge in [-0.25, -0.2) is 4.39 Å². The zero-order valence-corrected chi connectivity index (χ0v) is 10.7. The maximum absolute atomic E-state index is 12.8. The molecule has 90 valence electrons. The minimum Gasteiger partial charge on any atom is -0.312 e. The zero-order chi connectivity index (χ0) is 12.1. The van der Waals surface area contributed by atoms with Gasteiger partial charge in [-0.05, 0) is 42.8 Å². The summed E-state index contributed by atoms with van der Waals surface area (Å²) in [5, 5.41) is 3.38. The van der Waals surface area contributed by atoms with Crippen molar-refractivity contribution in [3.8, 4) is 10.4 Å². The van der Waals surface area contributed by atoms with Crippen LogP contribution >= 0.6 is 11.3 Å². The lowest BCUT2D eigenvalue weighted by atomic mass is 10.2. The van der Waals surface area contributed by atoms with Gasteiger partial charge in [0.05, 0.1) is 0 Å². The van der Waals surface area contributed by atoms with E-state index in [-0.39, 0.29) is 5.82 Å². The molecule has 0 saturated heterocycles. The van der Waals surface area contributed by atoms with E-state index >= 15 is 0 Å². The second-order valence-corrected chi connectivity index (χ2v) is 5.12. The van der Waals surface area contributed by atoms with Crippen molar-refractivity contribution in [2.24, 2.45) is 0 Å². The van der Waals surface area contributed by atoms with Crippen molar-refractivity contribution in [1.29, 1.82) is 0 Å². The normalized spacial score (nSPS) is 10.7. The minimum absolute atomic E-state index is 0.185. The number of halogens is 1. The molecule has 0 unspecified atom stereocenters. The van der Waals surface area contributed by atoms with E-state index in [2.05, 4.69) is 24.4 Å². The van der Waals surface area contributed by atoms with E-state index in [1.54, 1.807) is 11.3 Å². The molecule has 1 N–H and O–H groups in total. The third-order valence-corrected chi connectivity index (χ3v) is 3.65. The van der Waals surface area contributed by atoms with Crippen LogP contribution in [0, 0.1) is 5.82 Å². The SMILES string of the molecule is CCCNCc1ccc(-c2ccc(F)cc2)s1. The van der Waals surface area contributed by atoms with Crippen molar-refractivity contribution in [2.75, 3.05) is 6.54 Å². The lowest BCUT2D eigenvalue weighted by Gasteiger charge is -1.99. The predicted molar refractivity (Wildman–Crippen MR) is 71.7 cm³/mol. The van der Waals surface area contributed by atoms with Gasteiger partial charge < -0.3 is 5.32 Å². The highest BCUT2D eigenvalue weighted by molar-refractivity contribution is 7.15. The lowest BCUT2D eigenvalue weighted by Crippen LogP contribution is -2.12. The standard InChI is InChI=1S/C14H16FNS/c1-2-9-16-10-13-7-8-14(17-13)11-3-5-12(15)6-4-11/h3-8,16H,2,9-10H2,1H3. The van der Waals surface area contributed by atoms with E-state index in [9.17, 15) is 4.39 Å². The maximum Gasteiger partial charge on any atom is 0.123 e. The summed E-state index contributed by atoms with van der Waals surface area (Å²) in [6.45, 7) is 4.12. The summed E-state index contributed by atoms with van der Waals surface area (Å²) in [6.07, 6.45) is 1.15. The molecule has 0 fully saturated rings. The van der Waals surface area contributed by atoms with Gasteiger partial charge in [0, 0.05) is 16.3 Å². The van der Waals surface area contributed by atoms with Gasteiger partial charge in [0.1, 0.15) is 5.82 Å². The molecule has 0 amide bonds. The van der Waals surface area contributed by atoms with E-state index in [0.717, 1.165) is 25.1 Å². The van der Waals surface area contributed by atoms with Crippen molar-refractivity contribution < 1.29 is 4.39 Å². The van der Waals surface area contributed by atoms with Crippen LogP contribution in [0.2, 0.25) is 0 Å². The van der Waals surface area contributed by atoms with Gasteiger partial charge in [-0.3, -0.25) is 0 Å². The predicted octanol–water partition coefficient (Wildman–Crippen LogP) is 4.05. The van der Waals surface area contributed by atoms with Crippen LogP contribution in [0.5, 0.6) is 0 Å². The average molecular weight is 249 g/mol. The van der Waals surface area contributed by atoms with Crippen LogP contribution in [0.25, 0.3) is 10.4 Å². The molecule has 0 spiro atoms. The first-order chi connectivity index (χ1) is 8.29. The van der Waals surface area contributed by atoms with E-state index < -0.39 is 0 Å². The third kappa shape index (κ3) is 3.38. The number of rotatable bonds is 5. The maximum atomic E-state index is 12.8. The van der Waals surface area contributed by atoms with Crippen LogP contribution < -0.4 is 5.32 Å². The average Bonchev–Trinajstić information content (AvgIpc) is 2.79. The molecule has 1 heterocycles. The number of hydrogen-bond acceptors (Lipinski definition) is 2. The second kappa shape index (κ2) is 5.94. The largest absolute Gasteiger partial charge is 0.312 e. The van der Waals surface area contributed by atoms with Gasteiger partial charge >= 0.3 is 0 Å². The molecule has 0 aliphatic rings. The molecule has 3 heteroatoms. The Morgan fingerprint density at radius 3 is 2.59 bits per heavy atom. The van der Waals surface area contributed by atoms with Crippen molar-refractivity contribution in [1.82, 2.24) is 5.32 Å². The van der Waals surface area contributed by atoms with Gasteiger partial charge in [0.2, 0.25) is 0 Å². The fourth-order valence-corrected chi connectivity index (χ4v) is 2.61. The summed E-state index contributed by atoms with van der Waals surface area (Å²) in [4.78, 5) is 2.51. The molecular formula is C14H16FNS. The van der Waals surface area contributed by atoms with E-state index in [4.69, 9.17) is 0 Å². The summed E-state index contributed by atoms with van der Waals surface area (Å²) < 4.78 is 12.8. The molecule has 1 nitrogen and oxygen atoms in total. The molecule has 0 saturated carbocycles. The molecule has 0 atom stereocenters. The van der Waals surface area contributed by atoms with Gasteiger partial charge in [0.25, 0.3) is 0 Å². The Morgan fingerprint density at radius 2 is 1.88 bits per heavy atom. The molecule has 0 aliphatic heterocycles. The first-order valence-electron chi connectivity index (χ1n) is 5.85. The lowest BCUT2D eigenvalue weighted by molar-refractivity contribution is 0.628. The summed E-state index contributed by atoms with van der Waals surface area (Å²) >= 11 is 1.76. The van der Waals surface area contributed by atoms with Crippen LogP contribution in [0.15, 0.2) is 36.4 Å². The molecule has 1 aromatic carbocycles. The molecular weight excluding hydrogens is 233 g/mol. The van der Waals surface area contributed by atoms with Crippen LogP contribution in [0.1, 0.15) is 18.2 Å². The topological polar surface area (TPSA) is 12.0 Å². The van der Waals surface area contributed by atoms with Crippen molar-refractivity contribution >= 4 is 11.3 Å². The smallest absolute Gasteiger partial charge is 0.123 e. The third-order valence-electron chi connectivity index (χ3n) is 2.52. The Hall–Kier alpha value is -1.19. The van der Waals surface area contributed by atoms with Crippen molar-refractivity contribution in [2.45, 2.75) is 19.9 Å². The van der Waals surface area contributed by atoms with Gasteiger partial charge in [0.15, 0.2) is 0 Å². The van der Waals surface area contributed by atoms with E-state index in [0.29, 0.717) is 0 Å². The Morgan fingerprint density at radius 1 is 1.12 bits per heavy atom. The molecule has 0 radical (unpaired) electrons. The monoisotopic (exact) mass is 249 g/mol. The summed E-state index contributed by atoms with van der Waals surface area (Å²) in [6, 6.07) is 10.9. The van der Waals surface area contributed by atoms with Crippen LogP contribution in [-0.4, -0.2) is 6.54 Å². The fourth-order valence-electron chi connectivity index (χ4n) is 1.63. The first-order valence-corrected chi connectivity index (χ1v) is 6.66. The number of benzene rings is 1. The van der Waals surface area contributed by atoms with Gasteiger partial charge in [-0.2, -0.15) is 0 Å². The molecule has 2 rings (SSSR count). The summed E-state index contributed by atoms with van der Waals surface area (Å²) in [7, 11) is 0. The summed E-state index contributed by atoms with van der Waals surface area (Å²) in [5.74, 6) is -0.185. The molecule has 2 aromatic rings. The fraction of sp³-hybridized carbons (Fsp3) is 0.286. The van der Waals surface area contributed by atoms with Crippen molar-refractivity contribution in [3.05, 3.63) is 47.1 Å². The van der Waals surface area contributed by atoms with Gasteiger partial charge in [-0.15, -0.1) is 11.3 Å². The van der Waals surface area contributed by atoms with Gasteiger partial charge in [-0.1, -0.05) is 19.1 Å². The Kier molecular flexibility index (Phi) is 4.29. The Bertz CT molecular complexity index is 461. The molecule has 0 bridgehead atoms. The van der Waals surface area contributed by atoms with Crippen molar-refractivity contribution in [3.63, 3.8) is 0 Å². The molecule has 1 aromatic heterocycles. The van der Waals surface area contributed by atoms with Crippen LogP contribution in [0.3, 0.4) is 0 Å². The van der Waals surface area contributed by atoms with E-state index in [1.807, 2.05) is 12.1 Å². The Balaban J connectivity index is 2.04. The minimum atomic E-state index is -0.185. The Labute approximate surface area is 105 Å². The highest BCUT2D eigenvalue weighted by Gasteiger charge is 2.02. The van der Waals surface area contributed by atoms with Crippen LogP contribution in [0.4, 0.5) is 4.39 Å². The van der Waals surface area contributed by atoms with Crippen LogP contribution in [-0.2, 0) is 6.54 Å². The van der Waals surface area contributed by atoms with E-state index in [1.165, 1.54) is 21.9 Å². The number of nitrogens with one attached hydrogen (secondary N) is 1. The quantitative estimate of drug-likeness (QED) is 0.788. The zero-order valence-electron chi connectivity index (χ0n) is 9.87. The molecule has 17 heavy (non-hydrogen) atoms. The first kappa shape index (κ1) is 12.3. The highest BCUT2D eigenvalue weighted by atomic mass is 32.1.